The van der Waals surface area contributed by atoms with Crippen molar-refractivity contribution in [2.24, 2.45) is 17.1 Å². The number of fused-ring (bicyclic) bond motifs is 1. The average molecular weight is 349 g/mol. The first kappa shape index (κ1) is 16.5. The van der Waals surface area contributed by atoms with Gasteiger partial charge in [0.05, 0.1) is 5.69 Å². The molecule has 0 aliphatic heterocycles. The van der Waals surface area contributed by atoms with Crippen LogP contribution < -0.4 is 5.32 Å². The molecule has 7 nitrogen and oxygen atoms in total. The standard InChI is InChI=1S/C19H23N7/c1-12-15(16-8-9-17-18(23-16)25(4)13(2)21-17)10-11-26(12)24-19(20-3)22-14-6-5-7-14/h8-11,14H,3,5-7H2,1-2,4H3,(H,22,24). The van der Waals surface area contributed by atoms with Crippen LogP contribution >= 0.6 is 0 Å². The van der Waals surface area contributed by atoms with E-state index in [9.17, 15) is 0 Å². The molecule has 0 atom stereocenters. The Balaban J connectivity index is 1.68. The first-order chi connectivity index (χ1) is 12.6. The molecule has 0 aromatic carbocycles. The van der Waals surface area contributed by atoms with Gasteiger partial charge < -0.3 is 9.88 Å². The van der Waals surface area contributed by atoms with Crippen molar-refractivity contribution in [3.05, 3.63) is 35.9 Å². The van der Waals surface area contributed by atoms with Gasteiger partial charge in [0.1, 0.15) is 11.3 Å². The maximum absolute atomic E-state index is 4.80. The third-order valence-corrected chi connectivity index (χ3v) is 5.12. The summed E-state index contributed by atoms with van der Waals surface area (Å²) in [6.07, 6.45) is 5.52. The molecule has 134 valence electrons. The van der Waals surface area contributed by atoms with Gasteiger partial charge in [-0.15, -0.1) is 5.10 Å². The quantitative estimate of drug-likeness (QED) is 0.583. The van der Waals surface area contributed by atoms with Crippen molar-refractivity contribution < 1.29 is 0 Å². The minimum atomic E-state index is 0.465. The highest BCUT2D eigenvalue weighted by Gasteiger charge is 2.18. The number of aliphatic imine (C=N–C) groups is 1. The van der Waals surface area contributed by atoms with Crippen molar-refractivity contribution in [2.75, 3.05) is 0 Å². The van der Waals surface area contributed by atoms with Gasteiger partial charge in [-0.25, -0.2) is 19.6 Å². The van der Waals surface area contributed by atoms with Gasteiger partial charge in [0.15, 0.2) is 5.65 Å². The molecule has 1 N–H and O–H groups in total. The Hall–Kier alpha value is -2.96. The molecule has 0 bridgehead atoms. The SMILES string of the molecule is C=N/C(=N\n1ccc(-c2ccc3nc(C)n(C)c3n2)c1C)NC1CCC1. The fourth-order valence-corrected chi connectivity index (χ4v) is 3.15. The molecule has 0 amide bonds. The summed E-state index contributed by atoms with van der Waals surface area (Å²) < 4.78 is 3.83. The van der Waals surface area contributed by atoms with Gasteiger partial charge in [0, 0.05) is 30.5 Å². The van der Waals surface area contributed by atoms with E-state index in [1.807, 2.05) is 54.5 Å². The van der Waals surface area contributed by atoms with Gasteiger partial charge in [0.2, 0.25) is 5.96 Å². The molecular weight excluding hydrogens is 326 g/mol. The summed E-state index contributed by atoms with van der Waals surface area (Å²) in [5.41, 5.74) is 4.75. The van der Waals surface area contributed by atoms with Gasteiger partial charge in [0.25, 0.3) is 0 Å². The Morgan fingerprint density at radius 2 is 2.04 bits per heavy atom. The van der Waals surface area contributed by atoms with Crippen LogP contribution in [0.4, 0.5) is 0 Å². The minimum absolute atomic E-state index is 0.465. The number of hydrogen-bond donors (Lipinski definition) is 1. The Labute approximate surface area is 152 Å². The topological polar surface area (TPSA) is 72.4 Å². The normalized spacial score (nSPS) is 15.3. The molecule has 1 saturated carbocycles. The molecule has 3 aromatic rings. The van der Waals surface area contributed by atoms with Gasteiger partial charge >= 0.3 is 0 Å². The van der Waals surface area contributed by atoms with Crippen LogP contribution in [-0.2, 0) is 7.05 Å². The third kappa shape index (κ3) is 2.79. The zero-order valence-corrected chi connectivity index (χ0v) is 15.4. The van der Waals surface area contributed by atoms with Crippen LogP contribution in [0.2, 0.25) is 0 Å². The molecule has 7 heteroatoms. The summed E-state index contributed by atoms with van der Waals surface area (Å²) in [6, 6.07) is 6.51. The van der Waals surface area contributed by atoms with Gasteiger partial charge in [-0.1, -0.05) is 0 Å². The zero-order valence-electron chi connectivity index (χ0n) is 15.4. The van der Waals surface area contributed by atoms with Crippen LogP contribution in [0.1, 0.15) is 30.8 Å². The van der Waals surface area contributed by atoms with E-state index in [1.54, 1.807) is 0 Å². The number of pyridine rings is 1. The Morgan fingerprint density at radius 3 is 2.73 bits per heavy atom. The fraction of sp³-hybridized carbons (Fsp3) is 0.368. The van der Waals surface area contributed by atoms with Crippen LogP contribution in [0.3, 0.4) is 0 Å². The lowest BCUT2D eigenvalue weighted by Gasteiger charge is -2.26. The summed E-state index contributed by atoms with van der Waals surface area (Å²) in [5.74, 6) is 1.51. The van der Waals surface area contributed by atoms with Crippen LogP contribution in [0.5, 0.6) is 0 Å². The largest absolute Gasteiger partial charge is 0.350 e. The van der Waals surface area contributed by atoms with E-state index in [4.69, 9.17) is 4.98 Å². The number of hydrogen-bond acceptors (Lipinski definition) is 3. The Kier molecular flexibility index (Phi) is 4.06. The second kappa shape index (κ2) is 6.40. The highest BCUT2D eigenvalue weighted by molar-refractivity contribution is 5.84. The van der Waals surface area contributed by atoms with Gasteiger partial charge in [-0.2, -0.15) is 0 Å². The Bertz CT molecular complexity index is 1000. The van der Waals surface area contributed by atoms with Gasteiger partial charge in [-0.3, -0.25) is 0 Å². The van der Waals surface area contributed by atoms with Gasteiger partial charge in [-0.05, 0) is 58.0 Å². The summed E-state index contributed by atoms with van der Waals surface area (Å²) >= 11 is 0. The summed E-state index contributed by atoms with van der Waals surface area (Å²) in [6.45, 7) is 7.64. The number of rotatable bonds is 3. The zero-order chi connectivity index (χ0) is 18.3. The number of guanidine groups is 1. The van der Waals surface area contributed by atoms with E-state index >= 15 is 0 Å². The molecule has 4 rings (SSSR count). The molecule has 3 heterocycles. The highest BCUT2D eigenvalue weighted by Crippen LogP contribution is 2.25. The van der Waals surface area contributed by atoms with Crippen LogP contribution in [-0.4, -0.2) is 37.9 Å². The number of nitrogens with zero attached hydrogens (tertiary/aromatic N) is 6. The molecule has 0 radical (unpaired) electrons. The minimum Gasteiger partial charge on any atom is -0.350 e. The van der Waals surface area contributed by atoms with Crippen molar-refractivity contribution in [3.8, 4) is 11.3 Å². The van der Waals surface area contributed by atoms with Crippen molar-refractivity contribution in [1.82, 2.24) is 24.5 Å². The van der Waals surface area contributed by atoms with Crippen LogP contribution in [0.15, 0.2) is 34.5 Å². The summed E-state index contributed by atoms with van der Waals surface area (Å²) in [4.78, 5) is 13.3. The third-order valence-electron chi connectivity index (χ3n) is 5.12. The molecule has 26 heavy (non-hydrogen) atoms. The smallest absolute Gasteiger partial charge is 0.240 e. The van der Waals surface area contributed by atoms with Crippen molar-refractivity contribution in [2.45, 2.75) is 39.2 Å². The maximum atomic E-state index is 4.80. The van der Waals surface area contributed by atoms with E-state index in [2.05, 4.69) is 27.1 Å². The molecular formula is C19H23N7. The number of aryl methyl sites for hydroxylation is 2. The second-order valence-electron chi connectivity index (χ2n) is 6.77. The van der Waals surface area contributed by atoms with E-state index in [0.717, 1.165) is 33.9 Å². The monoisotopic (exact) mass is 349 g/mol. The lowest BCUT2D eigenvalue weighted by atomic mass is 9.93. The summed E-state index contributed by atoms with van der Waals surface area (Å²) in [5, 5.41) is 7.91. The molecule has 0 unspecified atom stereocenters. The first-order valence-corrected chi connectivity index (χ1v) is 8.87. The van der Waals surface area contributed by atoms with E-state index in [-0.39, 0.29) is 0 Å². The molecule has 1 aliphatic carbocycles. The van der Waals surface area contributed by atoms with E-state index in [0.29, 0.717) is 12.0 Å². The van der Waals surface area contributed by atoms with Crippen molar-refractivity contribution in [1.29, 1.82) is 0 Å². The summed E-state index contributed by atoms with van der Waals surface area (Å²) in [7, 11) is 1.98. The molecule has 1 aliphatic rings. The predicted molar refractivity (Wildman–Crippen MR) is 105 cm³/mol. The molecule has 0 spiro atoms. The van der Waals surface area contributed by atoms with Crippen LogP contribution in [0.25, 0.3) is 22.4 Å². The average Bonchev–Trinajstić information content (AvgIpc) is 3.10. The number of imidazole rings is 1. The Morgan fingerprint density at radius 1 is 1.23 bits per heavy atom. The lowest BCUT2D eigenvalue weighted by molar-refractivity contribution is 0.382. The first-order valence-electron chi connectivity index (χ1n) is 8.87. The fourth-order valence-electron chi connectivity index (χ4n) is 3.15. The second-order valence-corrected chi connectivity index (χ2v) is 6.77. The number of nitrogens with one attached hydrogen (secondary N) is 1. The van der Waals surface area contributed by atoms with E-state index in [1.165, 1.54) is 19.3 Å². The highest BCUT2D eigenvalue weighted by atomic mass is 15.4. The lowest BCUT2D eigenvalue weighted by Crippen LogP contribution is -2.39. The maximum Gasteiger partial charge on any atom is 0.240 e. The van der Waals surface area contributed by atoms with Crippen molar-refractivity contribution >= 4 is 23.8 Å². The van der Waals surface area contributed by atoms with Crippen LogP contribution in [0, 0.1) is 13.8 Å². The predicted octanol–water partition coefficient (Wildman–Crippen LogP) is 3.02. The molecule has 3 aromatic heterocycles. The molecule has 0 saturated heterocycles. The number of aromatic nitrogens is 4. The van der Waals surface area contributed by atoms with E-state index < -0.39 is 0 Å². The molecule has 1 fully saturated rings. The van der Waals surface area contributed by atoms with Crippen molar-refractivity contribution in [3.63, 3.8) is 0 Å².